The number of nitrogens with one attached hydrogen (secondary N) is 2. The highest BCUT2D eigenvalue weighted by Crippen LogP contribution is 2.36. The van der Waals surface area contributed by atoms with Gasteiger partial charge in [0.05, 0.1) is 30.0 Å². The molecule has 0 aliphatic carbocycles. The van der Waals surface area contributed by atoms with Gasteiger partial charge in [-0.25, -0.2) is 4.98 Å². The molecule has 0 fully saturated rings. The average molecular weight is 435 g/mol. The number of rotatable bonds is 6. The molecule has 0 unspecified atom stereocenters. The molecule has 0 spiro atoms. The number of methoxy groups -OCH3 is 1. The molecule has 0 aliphatic heterocycles. The van der Waals surface area contributed by atoms with Crippen LogP contribution in [0.3, 0.4) is 0 Å². The number of hydrogen-bond acceptors (Lipinski definition) is 5. The van der Waals surface area contributed by atoms with E-state index >= 15 is 0 Å². The zero-order valence-electron chi connectivity index (χ0n) is 18.6. The van der Waals surface area contributed by atoms with Crippen LogP contribution < -0.4 is 15.4 Å². The maximum absolute atomic E-state index is 12.7. The quantitative estimate of drug-likeness (QED) is 0.482. The first-order chi connectivity index (χ1) is 15.3. The zero-order chi connectivity index (χ0) is 23.0. The number of nitrogens with zero attached hydrogens (tertiary/aromatic N) is 3. The third kappa shape index (κ3) is 3.73. The molecule has 9 heteroatoms. The van der Waals surface area contributed by atoms with Gasteiger partial charge in [0.2, 0.25) is 0 Å². The predicted molar refractivity (Wildman–Crippen MR) is 121 cm³/mol. The smallest absolute Gasteiger partial charge is 0.291 e. The molecule has 4 aromatic rings. The molecular formula is C23H25N5O4. The van der Waals surface area contributed by atoms with Gasteiger partial charge in [-0.15, -0.1) is 0 Å². The van der Waals surface area contributed by atoms with Crippen LogP contribution >= 0.6 is 0 Å². The predicted octanol–water partition coefficient (Wildman–Crippen LogP) is 3.57. The number of hydrogen-bond donors (Lipinski definition) is 2. The van der Waals surface area contributed by atoms with Gasteiger partial charge in [0.15, 0.2) is 17.3 Å². The van der Waals surface area contributed by atoms with Crippen LogP contribution in [0.5, 0.6) is 5.75 Å². The van der Waals surface area contributed by atoms with Crippen LogP contribution in [-0.4, -0.2) is 39.1 Å². The van der Waals surface area contributed by atoms with E-state index in [1.54, 1.807) is 30.5 Å². The van der Waals surface area contributed by atoms with Crippen molar-refractivity contribution < 1.29 is 18.7 Å². The van der Waals surface area contributed by atoms with E-state index in [1.165, 1.54) is 13.4 Å². The number of carbonyl (C=O) groups excluding carboxylic acids is 2. The van der Waals surface area contributed by atoms with Gasteiger partial charge in [-0.2, -0.15) is 0 Å². The number of furan rings is 1. The fourth-order valence-electron chi connectivity index (χ4n) is 3.66. The number of aromatic nitrogens is 3. The zero-order valence-corrected chi connectivity index (χ0v) is 18.6. The number of benzene rings is 1. The second kappa shape index (κ2) is 8.26. The molecule has 0 saturated heterocycles. The van der Waals surface area contributed by atoms with Gasteiger partial charge in [-0.3, -0.25) is 9.59 Å². The maximum atomic E-state index is 12.7. The summed E-state index contributed by atoms with van der Waals surface area (Å²) in [6, 6.07) is 8.74. The second-order valence-electron chi connectivity index (χ2n) is 7.79. The summed E-state index contributed by atoms with van der Waals surface area (Å²) in [6.45, 7) is 3.81. The Labute approximate surface area is 185 Å². The topological polar surface area (TPSA) is 103 Å². The van der Waals surface area contributed by atoms with Crippen LogP contribution in [0.2, 0.25) is 0 Å². The molecule has 166 valence electrons. The Morgan fingerprint density at radius 3 is 2.59 bits per heavy atom. The molecule has 0 saturated carbocycles. The van der Waals surface area contributed by atoms with E-state index in [1.807, 2.05) is 43.1 Å². The summed E-state index contributed by atoms with van der Waals surface area (Å²) in [5.74, 6) is 0.774. The molecule has 0 aliphatic rings. The lowest BCUT2D eigenvalue weighted by Gasteiger charge is -2.10. The van der Waals surface area contributed by atoms with Gasteiger partial charge < -0.3 is 28.9 Å². The molecule has 4 rings (SSSR count). The first-order valence-electron chi connectivity index (χ1n) is 10.2. The van der Waals surface area contributed by atoms with Gasteiger partial charge in [-0.1, -0.05) is 0 Å². The van der Waals surface area contributed by atoms with E-state index in [4.69, 9.17) is 14.1 Å². The van der Waals surface area contributed by atoms with E-state index < -0.39 is 0 Å². The third-order valence-electron chi connectivity index (χ3n) is 5.10. The van der Waals surface area contributed by atoms with Crippen LogP contribution in [-0.2, 0) is 14.1 Å². The molecular weight excluding hydrogens is 410 g/mol. The maximum Gasteiger partial charge on any atom is 0.291 e. The van der Waals surface area contributed by atoms with Crippen LogP contribution in [0.15, 0.2) is 47.2 Å². The van der Waals surface area contributed by atoms with E-state index in [-0.39, 0.29) is 23.6 Å². The number of fused-ring (bicyclic) bond motifs is 1. The van der Waals surface area contributed by atoms with E-state index in [0.717, 1.165) is 5.52 Å². The molecule has 9 nitrogen and oxygen atoms in total. The largest absolute Gasteiger partial charge is 0.494 e. The molecule has 0 radical (unpaired) electrons. The van der Waals surface area contributed by atoms with Crippen molar-refractivity contribution in [1.82, 2.24) is 19.4 Å². The molecule has 1 aromatic carbocycles. The van der Waals surface area contributed by atoms with Crippen molar-refractivity contribution in [2.24, 2.45) is 14.1 Å². The van der Waals surface area contributed by atoms with Gasteiger partial charge >= 0.3 is 0 Å². The normalized spacial score (nSPS) is 11.2. The molecule has 0 atom stereocenters. The highest BCUT2D eigenvalue weighted by atomic mass is 16.5. The van der Waals surface area contributed by atoms with Gasteiger partial charge in [0, 0.05) is 32.0 Å². The Kier molecular flexibility index (Phi) is 5.48. The summed E-state index contributed by atoms with van der Waals surface area (Å²) in [6.07, 6.45) is 3.19. The number of carbonyl (C=O) groups is 2. The lowest BCUT2D eigenvalue weighted by atomic mass is 10.2. The number of anilines is 1. The van der Waals surface area contributed by atoms with Crippen molar-refractivity contribution in [3.63, 3.8) is 0 Å². The summed E-state index contributed by atoms with van der Waals surface area (Å²) in [5, 5.41) is 5.71. The third-order valence-corrected chi connectivity index (χ3v) is 5.10. The Hall–Kier alpha value is -4.01. The molecule has 3 heterocycles. The fourth-order valence-corrected chi connectivity index (χ4v) is 3.66. The van der Waals surface area contributed by atoms with Gasteiger partial charge in [-0.05, 0) is 44.2 Å². The van der Waals surface area contributed by atoms with Crippen LogP contribution in [0.25, 0.3) is 22.6 Å². The minimum atomic E-state index is -0.338. The SMILES string of the molecule is COc1c(C(=O)NC(C)C)cn(C)c1-c1nc2cc(NC(=O)c3ccco3)ccc2n1C. The van der Waals surface area contributed by atoms with E-state index in [0.29, 0.717) is 34.0 Å². The van der Waals surface area contributed by atoms with Crippen molar-refractivity contribution in [1.29, 1.82) is 0 Å². The molecule has 2 amide bonds. The minimum Gasteiger partial charge on any atom is -0.494 e. The fraction of sp³-hybridized carbons (Fsp3) is 0.261. The van der Waals surface area contributed by atoms with Crippen LogP contribution in [0.4, 0.5) is 5.69 Å². The average Bonchev–Trinajstić information content (AvgIpc) is 3.45. The summed E-state index contributed by atoms with van der Waals surface area (Å²) < 4.78 is 14.5. The monoisotopic (exact) mass is 435 g/mol. The van der Waals surface area contributed by atoms with Crippen molar-refractivity contribution in [3.8, 4) is 17.3 Å². The molecule has 0 bridgehead atoms. The number of ether oxygens (including phenoxy) is 1. The number of amides is 2. The Morgan fingerprint density at radius 2 is 1.94 bits per heavy atom. The molecule has 2 N–H and O–H groups in total. The van der Waals surface area contributed by atoms with Crippen LogP contribution in [0, 0.1) is 0 Å². The van der Waals surface area contributed by atoms with Gasteiger partial charge in [0.1, 0.15) is 5.69 Å². The standard InChI is InChI=1S/C23H25N5O4/c1-13(2)24-22(29)15-12-27(3)19(20(15)31-5)21-26-16-11-14(8-9-17(16)28(21)4)25-23(30)18-7-6-10-32-18/h6-13H,1-5H3,(H,24,29)(H,25,30). The lowest BCUT2D eigenvalue weighted by Crippen LogP contribution is -2.30. The van der Waals surface area contributed by atoms with Crippen molar-refractivity contribution in [3.05, 3.63) is 54.1 Å². The molecule has 32 heavy (non-hydrogen) atoms. The second-order valence-corrected chi connectivity index (χ2v) is 7.79. The summed E-state index contributed by atoms with van der Waals surface area (Å²) in [4.78, 5) is 29.7. The van der Waals surface area contributed by atoms with Crippen molar-refractivity contribution in [2.75, 3.05) is 12.4 Å². The summed E-state index contributed by atoms with van der Waals surface area (Å²) in [5.41, 5.74) is 3.28. The van der Waals surface area contributed by atoms with Crippen molar-refractivity contribution >= 4 is 28.5 Å². The highest BCUT2D eigenvalue weighted by molar-refractivity contribution is 6.03. The van der Waals surface area contributed by atoms with Crippen LogP contribution in [0.1, 0.15) is 34.8 Å². The minimum absolute atomic E-state index is 0.00132. The Morgan fingerprint density at radius 1 is 1.16 bits per heavy atom. The van der Waals surface area contributed by atoms with E-state index in [2.05, 4.69) is 10.6 Å². The van der Waals surface area contributed by atoms with E-state index in [9.17, 15) is 9.59 Å². The number of aryl methyl sites for hydroxylation is 2. The molecule has 3 aromatic heterocycles. The summed E-state index contributed by atoms with van der Waals surface area (Å²) in [7, 11) is 5.28. The first kappa shape index (κ1) is 21.2. The number of imidazole rings is 1. The lowest BCUT2D eigenvalue weighted by molar-refractivity contribution is 0.0939. The van der Waals surface area contributed by atoms with Crippen molar-refractivity contribution in [2.45, 2.75) is 19.9 Å². The Balaban J connectivity index is 1.74. The Bertz CT molecular complexity index is 1300. The first-order valence-corrected chi connectivity index (χ1v) is 10.2. The summed E-state index contributed by atoms with van der Waals surface area (Å²) >= 11 is 0. The highest BCUT2D eigenvalue weighted by Gasteiger charge is 2.25. The van der Waals surface area contributed by atoms with Gasteiger partial charge in [0.25, 0.3) is 11.8 Å².